The topological polar surface area (TPSA) is 12.0 Å². The molecule has 2 aromatic carbocycles. The van der Waals surface area contributed by atoms with Gasteiger partial charge >= 0.3 is 0 Å². The maximum absolute atomic E-state index is 3.61. The fraction of sp³-hybridized carbons (Fsp3) is 0.176. The Bertz CT molecular complexity index is 596. The van der Waals surface area contributed by atoms with Gasteiger partial charge in [-0.3, -0.25) is 0 Å². The van der Waals surface area contributed by atoms with Gasteiger partial charge in [0.05, 0.1) is 6.04 Å². The summed E-state index contributed by atoms with van der Waals surface area (Å²) < 4.78 is 0. The minimum atomic E-state index is 0.278. The predicted octanol–water partition coefficient (Wildman–Crippen LogP) is 4.57. The number of hydrogen-bond acceptors (Lipinski definition) is 1. The molecule has 1 aliphatic rings. The quantitative estimate of drug-likeness (QED) is 0.763. The minimum Gasteiger partial charge on any atom is -0.374 e. The fourth-order valence-corrected chi connectivity index (χ4v) is 2.51. The summed E-state index contributed by atoms with van der Waals surface area (Å²) in [7, 11) is 0. The Kier molecular flexibility index (Phi) is 2.67. The molecule has 0 radical (unpaired) electrons. The Balaban J connectivity index is 2.03. The van der Waals surface area contributed by atoms with E-state index in [9.17, 15) is 0 Å². The molecule has 0 fully saturated rings. The number of nitrogens with one attached hydrogen (secondary N) is 1. The molecule has 0 saturated heterocycles. The summed E-state index contributed by atoms with van der Waals surface area (Å²) >= 11 is 0. The highest BCUT2D eigenvalue weighted by molar-refractivity contribution is 5.79. The molecule has 1 nitrogen and oxygen atoms in total. The van der Waals surface area contributed by atoms with Gasteiger partial charge in [0.25, 0.3) is 0 Å². The maximum Gasteiger partial charge on any atom is 0.0704 e. The molecule has 18 heavy (non-hydrogen) atoms. The molecule has 90 valence electrons. The molecule has 0 bridgehead atoms. The molecule has 1 unspecified atom stereocenters. The van der Waals surface area contributed by atoms with Crippen molar-refractivity contribution in [1.82, 2.24) is 0 Å². The van der Waals surface area contributed by atoms with Crippen LogP contribution in [0.15, 0.2) is 54.6 Å². The van der Waals surface area contributed by atoms with Crippen molar-refractivity contribution in [3.63, 3.8) is 0 Å². The molecule has 1 aliphatic heterocycles. The highest BCUT2D eigenvalue weighted by atomic mass is 14.9. The molecule has 1 atom stereocenters. The normalized spacial score (nSPS) is 17.7. The third-order valence-corrected chi connectivity index (χ3v) is 3.49. The summed E-state index contributed by atoms with van der Waals surface area (Å²) in [6.07, 6.45) is 2.30. The number of aryl methyl sites for hydroxylation is 1. The molecular formula is C17H17N. The van der Waals surface area contributed by atoms with Crippen LogP contribution in [0.3, 0.4) is 0 Å². The zero-order valence-electron chi connectivity index (χ0n) is 10.8. The first-order chi connectivity index (χ1) is 8.74. The lowest BCUT2D eigenvalue weighted by atomic mass is 9.94. The van der Waals surface area contributed by atoms with Gasteiger partial charge in [-0.2, -0.15) is 0 Å². The maximum atomic E-state index is 3.61. The van der Waals surface area contributed by atoms with Crippen LogP contribution in [-0.2, 0) is 0 Å². The average Bonchev–Trinajstić information content (AvgIpc) is 2.39. The van der Waals surface area contributed by atoms with Crippen LogP contribution in [0, 0.1) is 6.92 Å². The van der Waals surface area contributed by atoms with Crippen molar-refractivity contribution in [3.05, 3.63) is 71.3 Å². The third kappa shape index (κ3) is 1.92. The Morgan fingerprint density at radius 3 is 2.50 bits per heavy atom. The molecule has 2 aromatic rings. The number of hydrogen-bond donors (Lipinski definition) is 1. The second kappa shape index (κ2) is 4.34. The van der Waals surface area contributed by atoms with Gasteiger partial charge in [-0.05, 0) is 36.6 Å². The van der Waals surface area contributed by atoms with Gasteiger partial charge in [0.2, 0.25) is 0 Å². The second-order valence-electron chi connectivity index (χ2n) is 4.93. The lowest BCUT2D eigenvalue weighted by Gasteiger charge is -2.26. The van der Waals surface area contributed by atoms with E-state index in [0.29, 0.717) is 0 Å². The first kappa shape index (κ1) is 11.1. The summed E-state index contributed by atoms with van der Waals surface area (Å²) in [5, 5.41) is 3.61. The van der Waals surface area contributed by atoms with Gasteiger partial charge in [-0.15, -0.1) is 0 Å². The zero-order valence-corrected chi connectivity index (χ0v) is 10.8. The van der Waals surface area contributed by atoms with Crippen molar-refractivity contribution >= 4 is 11.3 Å². The van der Waals surface area contributed by atoms with Crippen LogP contribution in [0.5, 0.6) is 0 Å². The number of anilines is 1. The molecule has 1 heteroatoms. The first-order valence-electron chi connectivity index (χ1n) is 6.35. The Morgan fingerprint density at radius 2 is 1.72 bits per heavy atom. The molecule has 3 rings (SSSR count). The van der Waals surface area contributed by atoms with E-state index in [0.717, 1.165) is 0 Å². The van der Waals surface area contributed by atoms with Crippen molar-refractivity contribution in [2.75, 3.05) is 5.32 Å². The number of rotatable bonds is 1. The lowest BCUT2D eigenvalue weighted by molar-refractivity contribution is 0.970. The molecule has 0 saturated carbocycles. The minimum absolute atomic E-state index is 0.278. The van der Waals surface area contributed by atoms with Crippen molar-refractivity contribution in [2.24, 2.45) is 0 Å². The predicted molar refractivity (Wildman–Crippen MR) is 77.6 cm³/mol. The number of fused-ring (bicyclic) bond motifs is 1. The molecule has 0 amide bonds. The molecule has 0 aromatic heterocycles. The van der Waals surface area contributed by atoms with Gasteiger partial charge in [0, 0.05) is 11.3 Å². The summed E-state index contributed by atoms with van der Waals surface area (Å²) in [4.78, 5) is 0. The van der Waals surface area contributed by atoms with Gasteiger partial charge in [0.15, 0.2) is 0 Å². The van der Waals surface area contributed by atoms with Gasteiger partial charge in [-0.25, -0.2) is 0 Å². The van der Waals surface area contributed by atoms with Crippen molar-refractivity contribution in [3.8, 4) is 0 Å². The summed E-state index contributed by atoms with van der Waals surface area (Å²) in [6.45, 7) is 4.32. The van der Waals surface area contributed by atoms with E-state index in [1.165, 1.54) is 28.0 Å². The van der Waals surface area contributed by atoms with Gasteiger partial charge in [0.1, 0.15) is 0 Å². The molecule has 0 spiro atoms. The Labute approximate surface area is 108 Å². The zero-order chi connectivity index (χ0) is 12.5. The number of allylic oxidation sites excluding steroid dienone is 1. The first-order valence-corrected chi connectivity index (χ1v) is 6.35. The van der Waals surface area contributed by atoms with E-state index in [4.69, 9.17) is 0 Å². The van der Waals surface area contributed by atoms with E-state index in [1.807, 2.05) is 0 Å². The largest absolute Gasteiger partial charge is 0.374 e. The lowest BCUT2D eigenvalue weighted by Crippen LogP contribution is -2.13. The average molecular weight is 235 g/mol. The van der Waals surface area contributed by atoms with Crippen molar-refractivity contribution < 1.29 is 0 Å². The van der Waals surface area contributed by atoms with E-state index in [1.54, 1.807) is 0 Å². The van der Waals surface area contributed by atoms with Crippen LogP contribution in [0.2, 0.25) is 0 Å². The highest BCUT2D eigenvalue weighted by Crippen LogP contribution is 2.35. The molecule has 1 N–H and O–H groups in total. The van der Waals surface area contributed by atoms with E-state index < -0.39 is 0 Å². The van der Waals surface area contributed by atoms with E-state index in [2.05, 4.69) is 73.8 Å². The van der Waals surface area contributed by atoms with E-state index in [-0.39, 0.29) is 6.04 Å². The van der Waals surface area contributed by atoms with Gasteiger partial charge in [-0.1, -0.05) is 48.5 Å². The van der Waals surface area contributed by atoms with E-state index >= 15 is 0 Å². The standard InChI is InChI=1S/C17H17N/c1-12-8-9-15-13(2)11-16(18-17(15)10-12)14-6-4-3-5-7-14/h3-11,16,18H,1-2H3. The van der Waals surface area contributed by atoms with Crippen LogP contribution < -0.4 is 5.32 Å². The SMILES string of the molecule is CC1=CC(c2ccccc2)Nc2cc(C)ccc21. The summed E-state index contributed by atoms with van der Waals surface area (Å²) in [5.41, 5.74) is 6.50. The molecule has 0 aliphatic carbocycles. The highest BCUT2D eigenvalue weighted by Gasteiger charge is 2.17. The molecular weight excluding hydrogens is 218 g/mol. The Hall–Kier alpha value is -2.02. The van der Waals surface area contributed by atoms with Crippen LogP contribution in [0.4, 0.5) is 5.69 Å². The van der Waals surface area contributed by atoms with Crippen molar-refractivity contribution in [2.45, 2.75) is 19.9 Å². The summed E-state index contributed by atoms with van der Waals surface area (Å²) in [5.74, 6) is 0. The molecule has 1 heterocycles. The fourth-order valence-electron chi connectivity index (χ4n) is 2.51. The van der Waals surface area contributed by atoms with Gasteiger partial charge < -0.3 is 5.32 Å². The smallest absolute Gasteiger partial charge is 0.0704 e. The monoisotopic (exact) mass is 235 g/mol. The van der Waals surface area contributed by atoms with Crippen molar-refractivity contribution in [1.29, 1.82) is 0 Å². The Morgan fingerprint density at radius 1 is 0.944 bits per heavy atom. The van der Waals surface area contributed by atoms with Crippen LogP contribution >= 0.6 is 0 Å². The van der Waals surface area contributed by atoms with Crippen LogP contribution in [-0.4, -0.2) is 0 Å². The number of benzene rings is 2. The van der Waals surface area contributed by atoms with Crippen LogP contribution in [0.1, 0.15) is 29.7 Å². The second-order valence-corrected chi connectivity index (χ2v) is 4.93. The summed E-state index contributed by atoms with van der Waals surface area (Å²) in [6, 6.07) is 17.4. The third-order valence-electron chi connectivity index (χ3n) is 3.49. The van der Waals surface area contributed by atoms with Crippen LogP contribution in [0.25, 0.3) is 5.57 Å².